The first kappa shape index (κ1) is 14.1. The Hall–Kier alpha value is -1.29. The number of hydrogen-bond acceptors (Lipinski definition) is 3. The van der Waals surface area contributed by atoms with Gasteiger partial charge in [-0.2, -0.15) is 0 Å². The van der Waals surface area contributed by atoms with Gasteiger partial charge in [0.15, 0.2) is 0 Å². The molecule has 0 aromatic carbocycles. The summed E-state index contributed by atoms with van der Waals surface area (Å²) in [4.78, 5) is 16.4. The summed E-state index contributed by atoms with van der Waals surface area (Å²) in [5.41, 5.74) is 0.178. The number of nitrogens with zero attached hydrogens (tertiary/aromatic N) is 1. The third-order valence-electron chi connectivity index (χ3n) is 3.65. The second-order valence-corrected chi connectivity index (χ2v) is 5.26. The normalized spacial score (nSPS) is 17.8. The van der Waals surface area contributed by atoms with E-state index >= 15 is 0 Å². The fourth-order valence-corrected chi connectivity index (χ4v) is 2.89. The Morgan fingerprint density at radius 3 is 2.84 bits per heavy atom. The minimum atomic E-state index is -0.280. The summed E-state index contributed by atoms with van der Waals surface area (Å²) in [6.07, 6.45) is 6.91. The van der Waals surface area contributed by atoms with Crippen LogP contribution in [0.4, 0.5) is 0 Å². The van der Waals surface area contributed by atoms with Gasteiger partial charge in [0, 0.05) is 12.1 Å². The van der Waals surface area contributed by atoms with Crippen molar-refractivity contribution in [1.82, 2.24) is 10.3 Å². The van der Waals surface area contributed by atoms with Crippen molar-refractivity contribution in [2.45, 2.75) is 37.6 Å². The molecular weight excluding hydrogens is 264 g/mol. The van der Waals surface area contributed by atoms with Crippen molar-refractivity contribution in [3.05, 3.63) is 23.9 Å². The van der Waals surface area contributed by atoms with Crippen LogP contribution in [-0.4, -0.2) is 29.4 Å². The van der Waals surface area contributed by atoms with Crippen molar-refractivity contribution in [3.63, 3.8) is 0 Å². The summed E-state index contributed by atoms with van der Waals surface area (Å²) in [6.45, 7) is 0. The molecule has 1 fully saturated rings. The highest BCUT2D eigenvalue weighted by atomic mass is 35.5. The number of alkyl halides is 1. The molecule has 1 heterocycles. The Labute approximate surface area is 118 Å². The van der Waals surface area contributed by atoms with Crippen molar-refractivity contribution in [3.8, 4) is 5.88 Å². The van der Waals surface area contributed by atoms with E-state index in [4.69, 9.17) is 16.3 Å². The van der Waals surface area contributed by atoms with Crippen LogP contribution in [0.15, 0.2) is 18.3 Å². The van der Waals surface area contributed by atoms with Gasteiger partial charge in [-0.05, 0) is 25.0 Å². The average molecular weight is 283 g/mol. The Bertz CT molecular complexity index is 445. The van der Waals surface area contributed by atoms with Crippen molar-refractivity contribution >= 4 is 17.5 Å². The lowest BCUT2D eigenvalue weighted by molar-refractivity contribution is 0.0881. The van der Waals surface area contributed by atoms with Crippen LogP contribution in [0.25, 0.3) is 0 Å². The molecule has 1 amide bonds. The predicted molar refractivity (Wildman–Crippen MR) is 74.8 cm³/mol. The maximum atomic E-state index is 12.4. The van der Waals surface area contributed by atoms with Crippen molar-refractivity contribution in [1.29, 1.82) is 0 Å². The summed E-state index contributed by atoms with van der Waals surface area (Å²) in [7, 11) is 1.51. The quantitative estimate of drug-likeness (QED) is 0.864. The number of carbonyl (C=O) groups excluding carboxylic acids is 1. The van der Waals surface area contributed by atoms with Crippen LogP contribution in [0.5, 0.6) is 5.88 Å². The van der Waals surface area contributed by atoms with Crippen LogP contribution in [0, 0.1) is 0 Å². The Kier molecular flexibility index (Phi) is 4.64. The number of rotatable bonds is 4. The Morgan fingerprint density at radius 1 is 1.47 bits per heavy atom. The van der Waals surface area contributed by atoms with E-state index in [1.54, 1.807) is 18.3 Å². The minimum absolute atomic E-state index is 0.160. The number of aromatic nitrogens is 1. The Morgan fingerprint density at radius 2 is 2.21 bits per heavy atom. The maximum Gasteiger partial charge on any atom is 0.257 e. The van der Waals surface area contributed by atoms with Crippen molar-refractivity contribution < 1.29 is 9.53 Å². The summed E-state index contributed by atoms with van der Waals surface area (Å²) in [5.74, 6) is 0.634. The molecule has 0 saturated heterocycles. The van der Waals surface area contributed by atoms with E-state index in [2.05, 4.69) is 10.3 Å². The molecule has 19 heavy (non-hydrogen) atoms. The molecule has 4 nitrogen and oxygen atoms in total. The maximum absolute atomic E-state index is 12.4. The largest absolute Gasteiger partial charge is 0.480 e. The van der Waals surface area contributed by atoms with Crippen LogP contribution in [0.1, 0.15) is 42.5 Å². The van der Waals surface area contributed by atoms with Crippen molar-refractivity contribution in [2.24, 2.45) is 0 Å². The highest BCUT2D eigenvalue weighted by molar-refractivity contribution is 6.19. The molecule has 0 unspecified atom stereocenters. The minimum Gasteiger partial charge on any atom is -0.480 e. The van der Waals surface area contributed by atoms with Gasteiger partial charge in [0.2, 0.25) is 5.88 Å². The van der Waals surface area contributed by atoms with Crippen LogP contribution in [-0.2, 0) is 0 Å². The number of hydrogen-bond donors (Lipinski definition) is 1. The second-order valence-electron chi connectivity index (χ2n) is 4.99. The molecule has 1 saturated carbocycles. The molecular formula is C14H19ClN2O2. The molecule has 1 aliphatic carbocycles. The van der Waals surface area contributed by atoms with Gasteiger partial charge in [0.1, 0.15) is 5.56 Å². The molecule has 5 heteroatoms. The number of methoxy groups -OCH3 is 1. The zero-order valence-corrected chi connectivity index (χ0v) is 11.9. The van der Waals surface area contributed by atoms with E-state index in [0.29, 0.717) is 17.3 Å². The third kappa shape index (κ3) is 3.18. The average Bonchev–Trinajstić information content (AvgIpc) is 2.48. The molecule has 1 aromatic rings. The number of halogens is 1. The highest BCUT2D eigenvalue weighted by Crippen LogP contribution is 2.30. The molecule has 2 rings (SSSR count). The van der Waals surface area contributed by atoms with Gasteiger partial charge < -0.3 is 10.1 Å². The fraction of sp³-hybridized carbons (Fsp3) is 0.571. The zero-order valence-electron chi connectivity index (χ0n) is 11.1. The fourth-order valence-electron chi connectivity index (χ4n) is 2.56. The van der Waals surface area contributed by atoms with Gasteiger partial charge in [-0.3, -0.25) is 4.79 Å². The van der Waals surface area contributed by atoms with Crippen LogP contribution < -0.4 is 10.1 Å². The summed E-state index contributed by atoms with van der Waals surface area (Å²) < 4.78 is 5.12. The van der Waals surface area contributed by atoms with Gasteiger partial charge in [-0.1, -0.05) is 19.3 Å². The summed E-state index contributed by atoms with van der Waals surface area (Å²) in [5, 5.41) is 3.08. The van der Waals surface area contributed by atoms with Gasteiger partial charge in [-0.25, -0.2) is 4.98 Å². The van der Waals surface area contributed by atoms with Crippen LogP contribution in [0.3, 0.4) is 0 Å². The second kappa shape index (κ2) is 6.24. The van der Waals surface area contributed by atoms with E-state index in [1.165, 1.54) is 13.5 Å². The summed E-state index contributed by atoms with van der Waals surface area (Å²) >= 11 is 6.08. The van der Waals surface area contributed by atoms with E-state index in [1.807, 2.05) is 0 Å². The third-order valence-corrected chi connectivity index (χ3v) is 4.17. The predicted octanol–water partition coefficient (Wildman–Crippen LogP) is 2.76. The lowest BCUT2D eigenvalue weighted by Gasteiger charge is -2.36. The first-order valence-corrected chi connectivity index (χ1v) is 7.12. The van der Waals surface area contributed by atoms with E-state index in [-0.39, 0.29) is 11.4 Å². The van der Waals surface area contributed by atoms with E-state index in [9.17, 15) is 4.79 Å². The lowest BCUT2D eigenvalue weighted by Crippen LogP contribution is -2.51. The molecule has 1 N–H and O–H groups in total. The number of carbonyl (C=O) groups is 1. The molecule has 1 aromatic heterocycles. The first-order valence-electron chi connectivity index (χ1n) is 6.58. The molecule has 0 aliphatic heterocycles. The number of nitrogens with one attached hydrogen (secondary N) is 1. The monoisotopic (exact) mass is 282 g/mol. The smallest absolute Gasteiger partial charge is 0.257 e. The molecule has 0 radical (unpaired) electrons. The lowest BCUT2D eigenvalue weighted by atomic mass is 9.83. The molecule has 0 spiro atoms. The van der Waals surface area contributed by atoms with Gasteiger partial charge in [0.05, 0.1) is 12.6 Å². The SMILES string of the molecule is COc1ncccc1C(=O)NC1(CCl)CCCCC1. The summed E-state index contributed by atoms with van der Waals surface area (Å²) in [6, 6.07) is 3.44. The van der Waals surface area contributed by atoms with Gasteiger partial charge >= 0.3 is 0 Å². The standard InChI is InChI=1S/C14H19ClN2O2/c1-19-13-11(6-5-9-16-13)12(18)17-14(10-15)7-3-2-4-8-14/h5-6,9H,2-4,7-8,10H2,1H3,(H,17,18). The molecule has 0 atom stereocenters. The molecule has 0 bridgehead atoms. The highest BCUT2D eigenvalue weighted by Gasteiger charge is 2.33. The Balaban J connectivity index is 2.15. The van der Waals surface area contributed by atoms with Crippen molar-refractivity contribution in [2.75, 3.05) is 13.0 Å². The number of pyridine rings is 1. The zero-order chi connectivity index (χ0) is 13.7. The van der Waals surface area contributed by atoms with E-state index < -0.39 is 0 Å². The van der Waals surface area contributed by atoms with Gasteiger partial charge in [0.25, 0.3) is 5.91 Å². The number of amides is 1. The first-order chi connectivity index (χ1) is 9.21. The topological polar surface area (TPSA) is 51.2 Å². The van der Waals surface area contributed by atoms with Crippen LogP contribution >= 0.6 is 11.6 Å². The van der Waals surface area contributed by atoms with Crippen LogP contribution in [0.2, 0.25) is 0 Å². The van der Waals surface area contributed by atoms with Gasteiger partial charge in [-0.15, -0.1) is 11.6 Å². The number of ether oxygens (including phenoxy) is 1. The molecule has 104 valence electrons. The molecule has 1 aliphatic rings. The van der Waals surface area contributed by atoms with E-state index in [0.717, 1.165) is 25.7 Å².